The molecule has 6 heteroatoms. The second kappa shape index (κ2) is 6.96. The van der Waals surface area contributed by atoms with Crippen LogP contribution in [0, 0.1) is 18.3 Å². The van der Waals surface area contributed by atoms with Crippen LogP contribution < -0.4 is 5.32 Å². The van der Waals surface area contributed by atoms with Gasteiger partial charge in [0.15, 0.2) is 0 Å². The highest BCUT2D eigenvalue weighted by molar-refractivity contribution is 7.15. The normalized spacial score (nSPS) is 11.3. The number of carbonyl (C=O) groups excluding carboxylic acids is 1. The minimum absolute atomic E-state index is 0.0325. The summed E-state index contributed by atoms with van der Waals surface area (Å²) in [5, 5.41) is 20.5. The summed E-state index contributed by atoms with van der Waals surface area (Å²) in [7, 11) is 0. The van der Waals surface area contributed by atoms with Gasteiger partial charge in [-0.1, -0.05) is 49.4 Å². The van der Waals surface area contributed by atoms with Crippen molar-refractivity contribution in [1.29, 1.82) is 5.26 Å². The lowest BCUT2D eigenvalue weighted by Crippen LogP contribution is -2.13. The molecular weight excluding hydrogens is 296 g/mol. The molecule has 0 saturated carbocycles. The summed E-state index contributed by atoms with van der Waals surface area (Å²) in [6.07, 6.45) is 1.56. The maximum Gasteiger partial charge on any atom is 0.268 e. The maximum absolute atomic E-state index is 12.1. The van der Waals surface area contributed by atoms with Gasteiger partial charge in [-0.15, -0.1) is 10.2 Å². The van der Waals surface area contributed by atoms with E-state index in [0.29, 0.717) is 11.0 Å². The smallest absolute Gasteiger partial charge is 0.268 e. The van der Waals surface area contributed by atoms with Crippen LogP contribution in [-0.4, -0.2) is 16.1 Å². The predicted octanol–water partition coefficient (Wildman–Crippen LogP) is 3.52. The number of nitrogens with one attached hydrogen (secondary N) is 1. The van der Waals surface area contributed by atoms with Gasteiger partial charge in [-0.3, -0.25) is 10.1 Å². The molecule has 2 rings (SSSR count). The van der Waals surface area contributed by atoms with Gasteiger partial charge in [0.2, 0.25) is 5.13 Å². The summed E-state index contributed by atoms with van der Waals surface area (Å²) < 4.78 is 0. The molecule has 22 heavy (non-hydrogen) atoms. The molecule has 0 unspecified atom stereocenters. The molecular formula is C16H16N4OS. The summed E-state index contributed by atoms with van der Waals surface area (Å²) in [5.74, 6) is -0.0380. The van der Waals surface area contributed by atoms with Gasteiger partial charge < -0.3 is 0 Å². The van der Waals surface area contributed by atoms with Crippen LogP contribution in [0.3, 0.4) is 0 Å². The van der Waals surface area contributed by atoms with Gasteiger partial charge in [0.05, 0.1) is 0 Å². The summed E-state index contributed by atoms with van der Waals surface area (Å²) in [6.45, 7) is 6.02. The number of amides is 1. The SMILES string of the molecule is Cc1nnc(NC(=O)/C(C#N)=C/c2ccc(C(C)C)cc2)s1. The lowest BCUT2D eigenvalue weighted by Gasteiger charge is -2.05. The first-order valence-electron chi connectivity index (χ1n) is 6.83. The van der Waals surface area contributed by atoms with Gasteiger partial charge in [0, 0.05) is 0 Å². The van der Waals surface area contributed by atoms with Gasteiger partial charge >= 0.3 is 0 Å². The van der Waals surface area contributed by atoms with Gasteiger partial charge in [-0.05, 0) is 30.0 Å². The molecule has 1 N–H and O–H groups in total. The largest absolute Gasteiger partial charge is 0.296 e. The van der Waals surface area contributed by atoms with Crippen LogP contribution in [0.15, 0.2) is 29.8 Å². The Hall–Kier alpha value is -2.52. The zero-order chi connectivity index (χ0) is 16.1. The Kier molecular flexibility index (Phi) is 5.02. The minimum atomic E-state index is -0.480. The molecule has 0 aliphatic carbocycles. The molecule has 0 bridgehead atoms. The molecule has 112 valence electrons. The Morgan fingerprint density at radius 3 is 2.50 bits per heavy atom. The number of nitrogens with zero attached hydrogens (tertiary/aromatic N) is 3. The fourth-order valence-electron chi connectivity index (χ4n) is 1.80. The molecule has 1 aromatic carbocycles. The van der Waals surface area contributed by atoms with E-state index in [9.17, 15) is 10.1 Å². The number of carbonyl (C=O) groups is 1. The topological polar surface area (TPSA) is 78.7 Å². The van der Waals surface area contributed by atoms with Crippen LogP contribution in [0.2, 0.25) is 0 Å². The van der Waals surface area contributed by atoms with Crippen molar-refractivity contribution < 1.29 is 4.79 Å². The third-order valence-electron chi connectivity index (χ3n) is 3.03. The number of rotatable bonds is 4. The second-order valence-corrected chi connectivity index (χ2v) is 6.25. The Balaban J connectivity index is 2.16. The van der Waals surface area contributed by atoms with Crippen molar-refractivity contribution >= 4 is 28.5 Å². The number of benzene rings is 1. The average molecular weight is 312 g/mol. The molecule has 1 amide bonds. The quantitative estimate of drug-likeness (QED) is 0.692. The Morgan fingerprint density at radius 2 is 2.00 bits per heavy atom. The van der Waals surface area contributed by atoms with Crippen molar-refractivity contribution in [2.75, 3.05) is 5.32 Å². The van der Waals surface area contributed by atoms with Crippen molar-refractivity contribution in [2.45, 2.75) is 26.7 Å². The third-order valence-corrected chi connectivity index (χ3v) is 3.78. The van der Waals surface area contributed by atoms with Gasteiger partial charge in [0.1, 0.15) is 16.6 Å². The van der Waals surface area contributed by atoms with Crippen molar-refractivity contribution in [2.24, 2.45) is 0 Å². The van der Waals surface area contributed by atoms with Crippen LogP contribution in [0.4, 0.5) is 5.13 Å². The lowest BCUT2D eigenvalue weighted by atomic mass is 10.0. The van der Waals surface area contributed by atoms with Crippen LogP contribution in [0.25, 0.3) is 6.08 Å². The molecule has 0 aliphatic rings. The first kappa shape index (κ1) is 15.9. The van der Waals surface area contributed by atoms with Crippen LogP contribution in [0.1, 0.15) is 35.9 Å². The van der Waals surface area contributed by atoms with E-state index in [0.717, 1.165) is 10.6 Å². The summed E-state index contributed by atoms with van der Waals surface area (Å²) >= 11 is 1.26. The van der Waals surface area contributed by atoms with Crippen LogP contribution in [0.5, 0.6) is 0 Å². The first-order valence-corrected chi connectivity index (χ1v) is 7.64. The van der Waals surface area contributed by atoms with Gasteiger partial charge in [0.25, 0.3) is 5.91 Å². The first-order chi connectivity index (χ1) is 10.5. The number of hydrogen-bond acceptors (Lipinski definition) is 5. The number of aromatic nitrogens is 2. The van der Waals surface area contributed by atoms with E-state index < -0.39 is 5.91 Å². The fourth-order valence-corrected chi connectivity index (χ4v) is 2.39. The Bertz CT molecular complexity index is 738. The number of nitriles is 1. The van der Waals surface area contributed by atoms with E-state index in [-0.39, 0.29) is 5.57 Å². The Labute approximate surface area is 133 Å². The van der Waals surface area contributed by atoms with E-state index in [1.54, 1.807) is 13.0 Å². The monoisotopic (exact) mass is 312 g/mol. The number of aryl methyl sites for hydroxylation is 1. The summed E-state index contributed by atoms with van der Waals surface area (Å²) in [4.78, 5) is 12.1. The highest BCUT2D eigenvalue weighted by atomic mass is 32.1. The molecule has 2 aromatic rings. The van der Waals surface area contributed by atoms with Crippen LogP contribution in [-0.2, 0) is 4.79 Å². The molecule has 5 nitrogen and oxygen atoms in total. The van der Waals surface area contributed by atoms with E-state index in [1.807, 2.05) is 30.3 Å². The number of hydrogen-bond donors (Lipinski definition) is 1. The van der Waals surface area contributed by atoms with Gasteiger partial charge in [-0.2, -0.15) is 5.26 Å². The standard InChI is InChI=1S/C16H16N4OS/c1-10(2)13-6-4-12(5-7-13)8-14(9-17)15(21)18-16-20-19-11(3)22-16/h4-8,10H,1-3H3,(H,18,20,21)/b14-8+. The molecule has 0 atom stereocenters. The van der Waals surface area contributed by atoms with E-state index in [1.165, 1.54) is 16.9 Å². The average Bonchev–Trinajstić information content (AvgIpc) is 2.90. The highest BCUT2D eigenvalue weighted by Crippen LogP contribution is 2.18. The Morgan fingerprint density at radius 1 is 1.32 bits per heavy atom. The zero-order valence-electron chi connectivity index (χ0n) is 12.6. The van der Waals surface area contributed by atoms with E-state index in [4.69, 9.17) is 0 Å². The van der Waals surface area contributed by atoms with Crippen molar-refractivity contribution in [3.63, 3.8) is 0 Å². The molecule has 1 aromatic heterocycles. The lowest BCUT2D eigenvalue weighted by molar-refractivity contribution is -0.112. The number of anilines is 1. The fraction of sp³-hybridized carbons (Fsp3) is 0.250. The van der Waals surface area contributed by atoms with Gasteiger partial charge in [-0.25, -0.2) is 0 Å². The van der Waals surface area contributed by atoms with E-state index in [2.05, 4.69) is 29.4 Å². The second-order valence-electron chi connectivity index (χ2n) is 5.07. The molecule has 0 aliphatic heterocycles. The van der Waals surface area contributed by atoms with Crippen molar-refractivity contribution in [1.82, 2.24) is 10.2 Å². The van der Waals surface area contributed by atoms with E-state index >= 15 is 0 Å². The predicted molar refractivity (Wildman–Crippen MR) is 87.4 cm³/mol. The zero-order valence-corrected chi connectivity index (χ0v) is 13.4. The summed E-state index contributed by atoms with van der Waals surface area (Å²) in [6, 6.07) is 9.71. The maximum atomic E-state index is 12.1. The molecule has 0 radical (unpaired) electrons. The summed E-state index contributed by atoms with van der Waals surface area (Å²) in [5.41, 5.74) is 2.05. The highest BCUT2D eigenvalue weighted by Gasteiger charge is 2.12. The van der Waals surface area contributed by atoms with Crippen molar-refractivity contribution in [3.8, 4) is 6.07 Å². The molecule has 1 heterocycles. The molecule has 0 saturated heterocycles. The molecule has 0 fully saturated rings. The third kappa shape index (κ3) is 3.99. The molecule has 0 spiro atoms. The van der Waals surface area contributed by atoms with Crippen LogP contribution >= 0.6 is 11.3 Å². The van der Waals surface area contributed by atoms with Crippen molar-refractivity contribution in [3.05, 3.63) is 46.0 Å². The minimum Gasteiger partial charge on any atom is -0.296 e.